The summed E-state index contributed by atoms with van der Waals surface area (Å²) in [5, 5.41) is 8.98. The van der Waals surface area contributed by atoms with Gasteiger partial charge >= 0.3 is 0 Å². The second-order valence-corrected chi connectivity index (χ2v) is 5.49. The number of hydrogen-bond acceptors (Lipinski definition) is 5. The van der Waals surface area contributed by atoms with E-state index in [1.165, 1.54) is 4.88 Å². The van der Waals surface area contributed by atoms with Gasteiger partial charge in [0.25, 0.3) is 0 Å². The van der Waals surface area contributed by atoms with E-state index in [2.05, 4.69) is 23.0 Å². The van der Waals surface area contributed by atoms with Gasteiger partial charge in [0.15, 0.2) is 0 Å². The minimum absolute atomic E-state index is 0.563. The molecule has 0 aliphatic carbocycles. The normalized spacial score (nSPS) is 10.5. The second-order valence-electron chi connectivity index (χ2n) is 4.56. The molecule has 0 fully saturated rings. The molecule has 0 N–H and O–H groups in total. The number of hydrogen-bond donors (Lipinski definition) is 0. The minimum atomic E-state index is 0.563. The molecule has 0 atom stereocenters. The molecule has 0 radical (unpaired) electrons. The van der Waals surface area contributed by atoms with Crippen molar-refractivity contribution in [1.29, 1.82) is 5.26 Å². The second kappa shape index (κ2) is 7.04. The van der Waals surface area contributed by atoms with Gasteiger partial charge in [0, 0.05) is 18.0 Å². The number of nitriles is 1. The fraction of sp³-hybridized carbons (Fsp3) is 0.333. The van der Waals surface area contributed by atoms with Gasteiger partial charge in [0.05, 0.1) is 16.8 Å². The largest absolute Gasteiger partial charge is 0.491 e. The molecule has 0 unspecified atom stereocenters. The average Bonchev–Trinajstić information content (AvgIpc) is 2.85. The van der Waals surface area contributed by atoms with Crippen molar-refractivity contribution >= 4 is 11.3 Å². The molecular formula is C15H17N3OS. The highest BCUT2D eigenvalue weighted by Crippen LogP contribution is 2.17. The third-order valence-corrected chi connectivity index (χ3v) is 3.92. The van der Waals surface area contributed by atoms with Crippen molar-refractivity contribution < 1.29 is 4.74 Å². The zero-order valence-corrected chi connectivity index (χ0v) is 12.5. The molecule has 1 aromatic carbocycles. The van der Waals surface area contributed by atoms with Crippen LogP contribution >= 0.6 is 11.3 Å². The first-order valence-corrected chi connectivity index (χ1v) is 7.28. The van der Waals surface area contributed by atoms with Crippen molar-refractivity contribution in [2.45, 2.75) is 13.5 Å². The summed E-state index contributed by atoms with van der Waals surface area (Å²) in [5.74, 6) is 0.650. The molecule has 20 heavy (non-hydrogen) atoms. The van der Waals surface area contributed by atoms with Crippen molar-refractivity contribution in [2.24, 2.45) is 0 Å². The summed E-state index contributed by atoms with van der Waals surface area (Å²) in [6.07, 6.45) is 0. The lowest BCUT2D eigenvalue weighted by atomic mass is 10.2. The molecule has 1 heterocycles. The first-order chi connectivity index (χ1) is 9.70. The van der Waals surface area contributed by atoms with E-state index in [1.54, 1.807) is 17.4 Å². The van der Waals surface area contributed by atoms with E-state index in [4.69, 9.17) is 10.00 Å². The first kappa shape index (κ1) is 14.5. The third kappa shape index (κ3) is 3.80. The first-order valence-electron chi connectivity index (χ1n) is 6.40. The topological polar surface area (TPSA) is 49.2 Å². The summed E-state index contributed by atoms with van der Waals surface area (Å²) in [6.45, 7) is 4.27. The summed E-state index contributed by atoms with van der Waals surface area (Å²) >= 11 is 1.68. The summed E-state index contributed by atoms with van der Waals surface area (Å²) in [6, 6.07) is 9.43. The molecular weight excluding hydrogens is 270 g/mol. The van der Waals surface area contributed by atoms with Gasteiger partial charge in [-0.3, -0.25) is 4.90 Å². The molecule has 0 aliphatic rings. The van der Waals surface area contributed by atoms with Crippen molar-refractivity contribution in [3.05, 3.63) is 45.9 Å². The van der Waals surface area contributed by atoms with E-state index in [-0.39, 0.29) is 0 Å². The van der Waals surface area contributed by atoms with Crippen LogP contribution in [-0.4, -0.2) is 30.1 Å². The maximum atomic E-state index is 8.98. The maximum Gasteiger partial charge on any atom is 0.137 e. The highest BCUT2D eigenvalue weighted by atomic mass is 32.1. The summed E-state index contributed by atoms with van der Waals surface area (Å²) < 4.78 is 5.67. The number of aromatic nitrogens is 1. The van der Waals surface area contributed by atoms with Crippen LogP contribution in [0.4, 0.5) is 0 Å². The number of aryl methyl sites for hydroxylation is 1. The van der Waals surface area contributed by atoms with Crippen LogP contribution < -0.4 is 4.74 Å². The van der Waals surface area contributed by atoms with Gasteiger partial charge in [-0.15, -0.1) is 11.3 Å². The number of rotatable bonds is 6. The highest BCUT2D eigenvalue weighted by molar-refractivity contribution is 7.09. The molecule has 0 amide bonds. The Morgan fingerprint density at radius 2 is 2.20 bits per heavy atom. The van der Waals surface area contributed by atoms with Crippen LogP contribution in [0.1, 0.15) is 16.1 Å². The summed E-state index contributed by atoms with van der Waals surface area (Å²) in [5.41, 5.74) is 3.55. The molecule has 5 heteroatoms. The van der Waals surface area contributed by atoms with Crippen molar-refractivity contribution in [3.63, 3.8) is 0 Å². The summed E-state index contributed by atoms with van der Waals surface area (Å²) in [4.78, 5) is 7.72. The number of likely N-dealkylation sites (N-methyl/N-ethyl adjacent to an activating group) is 1. The predicted octanol–water partition coefficient (Wildman–Crippen LogP) is 2.83. The Morgan fingerprint density at radius 1 is 1.40 bits per heavy atom. The van der Waals surface area contributed by atoms with E-state index >= 15 is 0 Å². The van der Waals surface area contributed by atoms with Gasteiger partial charge in [0.2, 0.25) is 0 Å². The molecule has 0 bridgehead atoms. The zero-order chi connectivity index (χ0) is 14.4. The number of thiazole rings is 1. The molecule has 0 saturated heterocycles. The fourth-order valence-electron chi connectivity index (χ4n) is 1.80. The van der Waals surface area contributed by atoms with Crippen LogP contribution in [0.15, 0.2) is 29.8 Å². The van der Waals surface area contributed by atoms with Gasteiger partial charge in [-0.1, -0.05) is 12.1 Å². The van der Waals surface area contributed by atoms with Gasteiger partial charge in [-0.25, -0.2) is 4.98 Å². The van der Waals surface area contributed by atoms with E-state index in [1.807, 2.05) is 30.6 Å². The van der Waals surface area contributed by atoms with Crippen LogP contribution in [0.2, 0.25) is 0 Å². The standard InChI is InChI=1S/C15H17N3OS/c1-12-15(20-11-17-12)10-18(2)7-8-19-14-6-4-3-5-13(14)9-16/h3-6,11H,7-8,10H2,1-2H3. The van der Waals surface area contributed by atoms with Gasteiger partial charge in [-0.2, -0.15) is 5.26 Å². The molecule has 0 spiro atoms. The van der Waals surface area contributed by atoms with Crippen LogP contribution in [0, 0.1) is 18.3 Å². The fourth-order valence-corrected chi connectivity index (χ4v) is 2.65. The predicted molar refractivity (Wildman–Crippen MR) is 79.8 cm³/mol. The lowest BCUT2D eigenvalue weighted by molar-refractivity contribution is 0.233. The van der Waals surface area contributed by atoms with E-state index in [0.717, 1.165) is 18.8 Å². The number of nitrogens with zero attached hydrogens (tertiary/aromatic N) is 3. The minimum Gasteiger partial charge on any atom is -0.491 e. The monoisotopic (exact) mass is 287 g/mol. The number of para-hydroxylation sites is 1. The Kier molecular flexibility index (Phi) is 5.10. The molecule has 104 valence electrons. The SMILES string of the molecule is Cc1ncsc1CN(C)CCOc1ccccc1C#N. The summed E-state index contributed by atoms with van der Waals surface area (Å²) in [7, 11) is 2.05. The Labute approximate surface area is 123 Å². The van der Waals surface area contributed by atoms with Gasteiger partial charge in [0.1, 0.15) is 18.4 Å². The Balaban J connectivity index is 1.81. The van der Waals surface area contributed by atoms with Crippen LogP contribution in [-0.2, 0) is 6.54 Å². The number of benzene rings is 1. The van der Waals surface area contributed by atoms with Crippen molar-refractivity contribution in [1.82, 2.24) is 9.88 Å². The molecule has 2 aromatic rings. The van der Waals surface area contributed by atoms with Crippen LogP contribution in [0.5, 0.6) is 5.75 Å². The quantitative estimate of drug-likeness (QED) is 0.819. The average molecular weight is 287 g/mol. The lowest BCUT2D eigenvalue weighted by Gasteiger charge is -2.16. The molecule has 0 aliphatic heterocycles. The lowest BCUT2D eigenvalue weighted by Crippen LogP contribution is -2.23. The Bertz CT molecular complexity index is 603. The van der Waals surface area contributed by atoms with Crippen molar-refractivity contribution in [2.75, 3.05) is 20.2 Å². The smallest absolute Gasteiger partial charge is 0.137 e. The molecule has 0 saturated carbocycles. The van der Waals surface area contributed by atoms with Crippen LogP contribution in [0.25, 0.3) is 0 Å². The van der Waals surface area contributed by atoms with Gasteiger partial charge in [-0.05, 0) is 26.1 Å². The highest BCUT2D eigenvalue weighted by Gasteiger charge is 2.06. The van der Waals surface area contributed by atoms with Crippen LogP contribution in [0.3, 0.4) is 0 Å². The Morgan fingerprint density at radius 3 is 2.90 bits per heavy atom. The third-order valence-electron chi connectivity index (χ3n) is 3.00. The molecule has 1 aromatic heterocycles. The van der Waals surface area contributed by atoms with E-state index in [9.17, 15) is 0 Å². The maximum absolute atomic E-state index is 8.98. The van der Waals surface area contributed by atoms with E-state index in [0.29, 0.717) is 17.9 Å². The Hall–Kier alpha value is -1.90. The zero-order valence-electron chi connectivity index (χ0n) is 11.7. The van der Waals surface area contributed by atoms with E-state index < -0.39 is 0 Å². The van der Waals surface area contributed by atoms with Gasteiger partial charge < -0.3 is 4.74 Å². The molecule has 4 nitrogen and oxygen atoms in total. The molecule has 2 rings (SSSR count). The number of ether oxygens (including phenoxy) is 1. The van der Waals surface area contributed by atoms with Crippen molar-refractivity contribution in [3.8, 4) is 11.8 Å².